The van der Waals surface area contributed by atoms with Gasteiger partial charge in [-0.1, -0.05) is 36.4 Å². The smallest absolute Gasteiger partial charge is 0.231 e. The maximum Gasteiger partial charge on any atom is 0.231 e. The molecule has 0 heterocycles. The van der Waals surface area contributed by atoms with Gasteiger partial charge in [-0.25, -0.2) is 20.4 Å². The molecule has 0 aromatic heterocycles. The summed E-state index contributed by atoms with van der Waals surface area (Å²) in [5, 5.41) is 10.8. The predicted octanol–water partition coefficient (Wildman–Crippen LogP) is 3.17. The van der Waals surface area contributed by atoms with E-state index in [0.717, 1.165) is 29.2 Å². The number of hydrogen-bond acceptors (Lipinski definition) is 6. The van der Waals surface area contributed by atoms with Crippen molar-refractivity contribution in [2.45, 2.75) is 0 Å². The van der Waals surface area contributed by atoms with Crippen LogP contribution in [0, 0.1) is 10.8 Å². The molecule has 0 bridgehead atoms. The van der Waals surface area contributed by atoms with Crippen LogP contribution < -0.4 is 9.47 Å². The lowest BCUT2D eigenvalue weighted by Gasteiger charge is -2.09. The fourth-order valence-corrected chi connectivity index (χ4v) is 1.65. The number of hydrogen-bond donors (Lipinski definition) is 2. The summed E-state index contributed by atoms with van der Waals surface area (Å²) in [6, 6.07) is 16.1. The number of ether oxygens (including phenoxy) is 2. The van der Waals surface area contributed by atoms with Gasteiger partial charge in [0, 0.05) is 0 Å². The summed E-state index contributed by atoms with van der Waals surface area (Å²) in [5.41, 5.74) is 2.29. The zero-order chi connectivity index (χ0) is 16.8. The van der Waals surface area contributed by atoms with E-state index < -0.39 is 0 Å². The lowest BCUT2D eigenvalue weighted by Crippen LogP contribution is -1.90. The number of benzene rings is 2. The highest BCUT2D eigenvalue weighted by Crippen LogP contribution is 2.31. The Hall–Kier alpha value is -3.20. The fraction of sp³-hybridized carbons (Fsp3) is 0.125. The molecule has 2 aromatic rings. The van der Waals surface area contributed by atoms with E-state index in [0.29, 0.717) is 0 Å². The standard InChI is InChI=1S/C14H14O2.2CHNO/c1-15-13-9-8-12(10-14(13)16-2)11-6-4-3-5-7-11;2*2-1-3/h3-10H,1-2H3;2*2H. The molecule has 6 heteroatoms. The van der Waals surface area contributed by atoms with Crippen molar-refractivity contribution >= 4 is 12.2 Å². The second-order valence-corrected chi connectivity index (χ2v) is 3.64. The number of rotatable bonds is 3. The van der Waals surface area contributed by atoms with Crippen molar-refractivity contribution in [3.8, 4) is 22.6 Å². The summed E-state index contributed by atoms with van der Waals surface area (Å²) < 4.78 is 10.5. The van der Waals surface area contributed by atoms with Gasteiger partial charge in [-0.2, -0.15) is 0 Å². The summed E-state index contributed by atoms with van der Waals surface area (Å²) in [4.78, 5) is 16.7. The Morgan fingerprint density at radius 2 is 1.27 bits per heavy atom. The molecule has 0 saturated carbocycles. The largest absolute Gasteiger partial charge is 0.493 e. The maximum atomic E-state index is 8.35. The van der Waals surface area contributed by atoms with Crippen LogP contribution in [0.1, 0.15) is 0 Å². The van der Waals surface area contributed by atoms with Gasteiger partial charge in [0.1, 0.15) is 0 Å². The van der Waals surface area contributed by atoms with E-state index in [9.17, 15) is 0 Å². The van der Waals surface area contributed by atoms with Crippen molar-refractivity contribution in [2.24, 2.45) is 0 Å². The van der Waals surface area contributed by atoms with Gasteiger partial charge in [0.2, 0.25) is 12.2 Å². The van der Waals surface area contributed by atoms with Crippen LogP contribution in [0.25, 0.3) is 11.1 Å². The quantitative estimate of drug-likeness (QED) is 0.671. The van der Waals surface area contributed by atoms with Crippen LogP contribution in [-0.2, 0) is 9.59 Å². The third-order valence-corrected chi connectivity index (χ3v) is 2.49. The van der Waals surface area contributed by atoms with Gasteiger partial charge >= 0.3 is 0 Å². The molecule has 0 aliphatic heterocycles. The Morgan fingerprint density at radius 1 is 0.773 bits per heavy atom. The van der Waals surface area contributed by atoms with Crippen LogP contribution in [0.15, 0.2) is 48.5 Å². The molecule has 6 nitrogen and oxygen atoms in total. The third kappa shape index (κ3) is 6.30. The first kappa shape index (κ1) is 18.8. The van der Waals surface area contributed by atoms with Crippen LogP contribution in [-0.4, -0.2) is 26.4 Å². The Kier molecular flexibility index (Phi) is 9.92. The molecule has 0 atom stereocenters. The summed E-state index contributed by atoms with van der Waals surface area (Å²) in [7, 11) is 3.28. The predicted molar refractivity (Wildman–Crippen MR) is 81.8 cm³/mol. The Morgan fingerprint density at radius 3 is 1.73 bits per heavy atom. The van der Waals surface area contributed by atoms with Gasteiger partial charge in [0.15, 0.2) is 11.5 Å². The number of isocyanates is 2. The summed E-state index contributed by atoms with van der Waals surface area (Å²) in [5.74, 6) is 1.51. The van der Waals surface area contributed by atoms with E-state index >= 15 is 0 Å². The molecule has 0 saturated heterocycles. The molecule has 0 spiro atoms. The number of carbonyl (C=O) groups excluding carboxylic acids is 2. The molecular weight excluding hydrogens is 284 g/mol. The van der Waals surface area contributed by atoms with Gasteiger partial charge in [-0.3, -0.25) is 0 Å². The molecule has 0 fully saturated rings. The minimum Gasteiger partial charge on any atom is -0.493 e. The molecule has 0 aliphatic carbocycles. The molecule has 2 aromatic carbocycles. The van der Waals surface area contributed by atoms with E-state index in [1.54, 1.807) is 14.2 Å². The van der Waals surface area contributed by atoms with Gasteiger partial charge in [-0.05, 0) is 23.3 Å². The van der Waals surface area contributed by atoms with Crippen LogP contribution in [0.5, 0.6) is 11.5 Å². The zero-order valence-electron chi connectivity index (χ0n) is 12.3. The van der Waals surface area contributed by atoms with Crippen molar-refractivity contribution < 1.29 is 19.1 Å². The normalized spacial score (nSPS) is 7.91. The second kappa shape index (κ2) is 11.6. The SMILES string of the molecule is COc1ccc(-c2ccccc2)cc1OC.N=C=O.N=C=O. The van der Waals surface area contributed by atoms with Crippen molar-refractivity contribution in [1.82, 2.24) is 0 Å². The van der Waals surface area contributed by atoms with Gasteiger partial charge < -0.3 is 9.47 Å². The summed E-state index contributed by atoms with van der Waals surface area (Å²) in [6.07, 6.45) is 1.50. The van der Waals surface area contributed by atoms with Crippen LogP contribution in [0.4, 0.5) is 0 Å². The van der Waals surface area contributed by atoms with E-state index in [1.165, 1.54) is 5.56 Å². The van der Waals surface area contributed by atoms with Gasteiger partial charge in [0.05, 0.1) is 14.2 Å². The van der Waals surface area contributed by atoms with Gasteiger partial charge in [-0.15, -0.1) is 0 Å². The molecule has 0 aliphatic rings. The first-order valence-electron chi connectivity index (χ1n) is 6.03. The van der Waals surface area contributed by atoms with Crippen molar-refractivity contribution in [3.63, 3.8) is 0 Å². The minimum absolute atomic E-state index is 0.750. The minimum atomic E-state index is 0.750. The van der Waals surface area contributed by atoms with Crippen molar-refractivity contribution in [1.29, 1.82) is 10.8 Å². The molecule has 0 unspecified atom stereocenters. The molecule has 0 amide bonds. The Bertz CT molecular complexity index is 618. The molecule has 22 heavy (non-hydrogen) atoms. The number of nitrogens with one attached hydrogen (secondary N) is 2. The zero-order valence-corrected chi connectivity index (χ0v) is 12.3. The second-order valence-electron chi connectivity index (χ2n) is 3.64. The first-order valence-corrected chi connectivity index (χ1v) is 6.03. The average Bonchev–Trinajstić information content (AvgIpc) is 2.56. The molecule has 114 valence electrons. The lowest BCUT2D eigenvalue weighted by molar-refractivity contribution is 0.355. The monoisotopic (exact) mass is 300 g/mol. The van der Waals surface area contributed by atoms with Crippen LogP contribution >= 0.6 is 0 Å². The Labute approximate surface area is 128 Å². The topological polar surface area (TPSA) is 100 Å². The lowest BCUT2D eigenvalue weighted by atomic mass is 10.1. The highest BCUT2D eigenvalue weighted by atomic mass is 16.5. The summed E-state index contributed by atoms with van der Waals surface area (Å²) in [6.45, 7) is 0. The first-order chi connectivity index (χ1) is 10.7. The number of methoxy groups -OCH3 is 2. The van der Waals surface area contributed by atoms with E-state index in [-0.39, 0.29) is 0 Å². The maximum absolute atomic E-state index is 8.35. The highest BCUT2D eigenvalue weighted by molar-refractivity contribution is 5.67. The summed E-state index contributed by atoms with van der Waals surface area (Å²) >= 11 is 0. The van der Waals surface area contributed by atoms with Crippen LogP contribution in [0.2, 0.25) is 0 Å². The molecule has 2 rings (SSSR count). The molecule has 0 radical (unpaired) electrons. The van der Waals surface area contributed by atoms with Gasteiger partial charge in [0.25, 0.3) is 0 Å². The molecular formula is C16H16N2O4. The van der Waals surface area contributed by atoms with Crippen molar-refractivity contribution in [3.05, 3.63) is 48.5 Å². The van der Waals surface area contributed by atoms with E-state index in [2.05, 4.69) is 12.1 Å². The highest BCUT2D eigenvalue weighted by Gasteiger charge is 2.05. The third-order valence-electron chi connectivity index (χ3n) is 2.49. The Balaban J connectivity index is 0.000000639. The average molecular weight is 300 g/mol. The van der Waals surface area contributed by atoms with E-state index in [1.807, 2.05) is 36.4 Å². The van der Waals surface area contributed by atoms with E-state index in [4.69, 9.17) is 29.9 Å². The molecule has 2 N–H and O–H groups in total. The van der Waals surface area contributed by atoms with Crippen molar-refractivity contribution in [2.75, 3.05) is 14.2 Å². The van der Waals surface area contributed by atoms with Crippen LogP contribution in [0.3, 0.4) is 0 Å². The fourth-order valence-electron chi connectivity index (χ4n) is 1.65.